The molecule has 0 aliphatic heterocycles. The van der Waals surface area contributed by atoms with Gasteiger partial charge in [0.05, 0.1) is 0 Å². The predicted molar refractivity (Wildman–Crippen MR) is 92.6 cm³/mol. The highest BCUT2D eigenvalue weighted by Gasteiger charge is 2.05. The molecule has 4 nitrogen and oxygen atoms in total. The van der Waals surface area contributed by atoms with Crippen LogP contribution in [0.1, 0.15) is 34.8 Å². The van der Waals surface area contributed by atoms with Crippen LogP contribution in [0.5, 0.6) is 0 Å². The van der Waals surface area contributed by atoms with Crippen LogP contribution in [-0.4, -0.2) is 18.4 Å². The summed E-state index contributed by atoms with van der Waals surface area (Å²) in [5, 5.41) is 5.59. The molecule has 0 radical (unpaired) electrons. The molecule has 0 saturated carbocycles. The molecule has 0 aliphatic rings. The van der Waals surface area contributed by atoms with E-state index in [1.54, 1.807) is 24.3 Å². The molecule has 2 aromatic rings. The van der Waals surface area contributed by atoms with Crippen molar-refractivity contribution in [2.24, 2.45) is 0 Å². The maximum Gasteiger partial charge on any atom is 0.251 e. The zero-order valence-corrected chi connectivity index (χ0v) is 13.6. The molecule has 0 aromatic heterocycles. The lowest BCUT2D eigenvalue weighted by molar-refractivity contribution is -0.114. The minimum absolute atomic E-state index is 0.0939. The smallest absolute Gasteiger partial charge is 0.251 e. The van der Waals surface area contributed by atoms with Gasteiger partial charge in [-0.3, -0.25) is 9.59 Å². The van der Waals surface area contributed by atoms with Crippen molar-refractivity contribution in [1.82, 2.24) is 5.32 Å². The van der Waals surface area contributed by atoms with Crippen LogP contribution in [0.25, 0.3) is 0 Å². The van der Waals surface area contributed by atoms with Crippen molar-refractivity contribution >= 4 is 17.5 Å². The quantitative estimate of drug-likeness (QED) is 0.804. The highest BCUT2D eigenvalue weighted by molar-refractivity contribution is 5.95. The van der Waals surface area contributed by atoms with Gasteiger partial charge in [0, 0.05) is 24.7 Å². The summed E-state index contributed by atoms with van der Waals surface area (Å²) < 4.78 is 0. The summed E-state index contributed by atoms with van der Waals surface area (Å²) in [6.45, 7) is 4.17. The van der Waals surface area contributed by atoms with Crippen LogP contribution in [0.2, 0.25) is 0 Å². The van der Waals surface area contributed by atoms with E-state index in [2.05, 4.69) is 41.8 Å². The second-order valence-electron chi connectivity index (χ2n) is 5.61. The molecule has 0 fully saturated rings. The number of carbonyl (C=O) groups is 2. The third kappa shape index (κ3) is 5.58. The molecule has 0 aliphatic carbocycles. The van der Waals surface area contributed by atoms with Crippen LogP contribution in [0.15, 0.2) is 48.5 Å². The van der Waals surface area contributed by atoms with Crippen LogP contribution < -0.4 is 10.6 Å². The Bertz CT molecular complexity index is 678. The molecular formula is C19H22N2O2. The summed E-state index contributed by atoms with van der Waals surface area (Å²) in [5.74, 6) is -0.220. The molecule has 0 spiro atoms. The summed E-state index contributed by atoms with van der Waals surface area (Å²) in [6.07, 6.45) is 1.85. The van der Waals surface area contributed by atoms with Crippen molar-refractivity contribution in [2.45, 2.75) is 26.7 Å². The van der Waals surface area contributed by atoms with E-state index in [0.29, 0.717) is 17.8 Å². The molecule has 0 heterocycles. The normalized spacial score (nSPS) is 10.2. The Morgan fingerprint density at radius 1 is 1.04 bits per heavy atom. The largest absolute Gasteiger partial charge is 0.352 e. The van der Waals surface area contributed by atoms with Crippen LogP contribution >= 0.6 is 0 Å². The van der Waals surface area contributed by atoms with Gasteiger partial charge in [0.15, 0.2) is 0 Å². The van der Waals surface area contributed by atoms with Crippen molar-refractivity contribution in [2.75, 3.05) is 11.9 Å². The monoisotopic (exact) mass is 310 g/mol. The maximum absolute atomic E-state index is 12.0. The fourth-order valence-electron chi connectivity index (χ4n) is 2.37. The van der Waals surface area contributed by atoms with E-state index in [4.69, 9.17) is 0 Å². The molecule has 120 valence electrons. The Kier molecular flexibility index (Phi) is 5.92. The van der Waals surface area contributed by atoms with Crippen molar-refractivity contribution in [1.29, 1.82) is 0 Å². The van der Waals surface area contributed by atoms with Crippen LogP contribution in [0.3, 0.4) is 0 Å². The Morgan fingerprint density at radius 2 is 1.78 bits per heavy atom. The van der Waals surface area contributed by atoms with Crippen molar-refractivity contribution in [3.05, 3.63) is 65.2 Å². The van der Waals surface area contributed by atoms with E-state index in [-0.39, 0.29) is 11.8 Å². The van der Waals surface area contributed by atoms with Gasteiger partial charge in [0.1, 0.15) is 0 Å². The lowest BCUT2D eigenvalue weighted by Crippen LogP contribution is -2.24. The van der Waals surface area contributed by atoms with Gasteiger partial charge in [-0.05, 0) is 49.6 Å². The zero-order valence-electron chi connectivity index (χ0n) is 13.6. The van der Waals surface area contributed by atoms with Gasteiger partial charge in [-0.1, -0.05) is 29.8 Å². The molecule has 0 bridgehead atoms. The Morgan fingerprint density at radius 3 is 2.43 bits per heavy atom. The molecule has 23 heavy (non-hydrogen) atoms. The van der Waals surface area contributed by atoms with Crippen LogP contribution in [-0.2, 0) is 11.2 Å². The Labute approximate surface area is 136 Å². The van der Waals surface area contributed by atoms with Crippen LogP contribution in [0, 0.1) is 6.92 Å². The first kappa shape index (κ1) is 16.7. The molecule has 2 rings (SSSR count). The Balaban J connectivity index is 1.77. The second kappa shape index (κ2) is 8.13. The summed E-state index contributed by atoms with van der Waals surface area (Å²) in [6, 6.07) is 15.3. The van der Waals surface area contributed by atoms with Gasteiger partial charge >= 0.3 is 0 Å². The minimum atomic E-state index is -0.127. The predicted octanol–water partition coefficient (Wildman–Crippen LogP) is 3.32. The third-order valence-corrected chi connectivity index (χ3v) is 3.48. The molecule has 0 atom stereocenters. The number of hydrogen-bond acceptors (Lipinski definition) is 2. The average molecular weight is 310 g/mol. The lowest BCUT2D eigenvalue weighted by Gasteiger charge is -2.07. The SMILES string of the molecule is CC(=O)Nc1ccc(C(=O)NCCCc2cccc(C)c2)cc1. The summed E-state index contributed by atoms with van der Waals surface area (Å²) in [4.78, 5) is 23.0. The summed E-state index contributed by atoms with van der Waals surface area (Å²) in [5.41, 5.74) is 3.83. The molecule has 0 unspecified atom stereocenters. The van der Waals surface area contributed by atoms with Gasteiger partial charge in [0.2, 0.25) is 5.91 Å². The zero-order chi connectivity index (χ0) is 16.7. The van der Waals surface area contributed by atoms with E-state index < -0.39 is 0 Å². The molecular weight excluding hydrogens is 288 g/mol. The van der Waals surface area contributed by atoms with Crippen molar-refractivity contribution in [3.63, 3.8) is 0 Å². The average Bonchev–Trinajstić information content (AvgIpc) is 2.51. The minimum Gasteiger partial charge on any atom is -0.352 e. The standard InChI is InChI=1S/C19H22N2O2/c1-14-5-3-6-16(13-14)7-4-12-20-19(23)17-8-10-18(11-9-17)21-15(2)22/h3,5-6,8-11,13H,4,7,12H2,1-2H3,(H,20,23)(H,21,22). The van der Waals surface area contributed by atoms with Gasteiger partial charge in [-0.15, -0.1) is 0 Å². The maximum atomic E-state index is 12.0. The highest BCUT2D eigenvalue weighted by atomic mass is 16.2. The number of rotatable bonds is 6. The number of benzene rings is 2. The molecule has 2 N–H and O–H groups in total. The van der Waals surface area contributed by atoms with Gasteiger partial charge in [0.25, 0.3) is 5.91 Å². The fourth-order valence-corrected chi connectivity index (χ4v) is 2.37. The number of hydrogen-bond donors (Lipinski definition) is 2. The van der Waals surface area contributed by atoms with E-state index in [1.807, 2.05) is 0 Å². The van der Waals surface area contributed by atoms with Crippen molar-refractivity contribution in [3.8, 4) is 0 Å². The molecule has 0 saturated heterocycles. The number of amides is 2. The highest BCUT2D eigenvalue weighted by Crippen LogP contribution is 2.10. The Hall–Kier alpha value is -2.62. The first-order chi connectivity index (χ1) is 11.0. The molecule has 2 amide bonds. The van der Waals surface area contributed by atoms with Crippen LogP contribution in [0.4, 0.5) is 5.69 Å². The number of nitrogens with one attached hydrogen (secondary N) is 2. The second-order valence-corrected chi connectivity index (χ2v) is 5.61. The first-order valence-corrected chi connectivity index (χ1v) is 7.76. The van der Waals surface area contributed by atoms with E-state index in [1.165, 1.54) is 18.1 Å². The number of carbonyl (C=O) groups excluding carboxylic acids is 2. The van der Waals surface area contributed by atoms with Crippen molar-refractivity contribution < 1.29 is 9.59 Å². The number of anilines is 1. The van der Waals surface area contributed by atoms with Gasteiger partial charge in [-0.2, -0.15) is 0 Å². The molecule has 2 aromatic carbocycles. The molecule has 4 heteroatoms. The lowest BCUT2D eigenvalue weighted by atomic mass is 10.1. The van der Waals surface area contributed by atoms with E-state index in [0.717, 1.165) is 12.8 Å². The fraction of sp³-hybridized carbons (Fsp3) is 0.263. The van der Waals surface area contributed by atoms with E-state index >= 15 is 0 Å². The third-order valence-electron chi connectivity index (χ3n) is 3.48. The number of aryl methyl sites for hydroxylation is 2. The summed E-state index contributed by atoms with van der Waals surface area (Å²) >= 11 is 0. The topological polar surface area (TPSA) is 58.2 Å². The summed E-state index contributed by atoms with van der Waals surface area (Å²) in [7, 11) is 0. The van der Waals surface area contributed by atoms with Gasteiger partial charge < -0.3 is 10.6 Å². The van der Waals surface area contributed by atoms with Gasteiger partial charge in [-0.25, -0.2) is 0 Å². The first-order valence-electron chi connectivity index (χ1n) is 7.76. The van der Waals surface area contributed by atoms with E-state index in [9.17, 15) is 9.59 Å².